The maximum Gasteiger partial charge on any atom is 0.253 e. The van der Waals surface area contributed by atoms with Crippen LogP contribution in [-0.4, -0.2) is 36.3 Å². The van der Waals surface area contributed by atoms with Crippen molar-refractivity contribution in [1.82, 2.24) is 10.2 Å². The summed E-state index contributed by atoms with van der Waals surface area (Å²) in [6, 6.07) is 14.2. The molecule has 0 spiro atoms. The van der Waals surface area contributed by atoms with Crippen LogP contribution >= 0.6 is 0 Å². The van der Waals surface area contributed by atoms with Gasteiger partial charge in [-0.05, 0) is 49.6 Å². The number of benzene rings is 2. The molecular weight excluding hydrogens is 343 g/mol. The molecule has 0 radical (unpaired) electrons. The molecule has 142 valence electrons. The van der Waals surface area contributed by atoms with Crippen LogP contribution in [0.5, 0.6) is 0 Å². The number of carbonyl (C=O) groups is 2. The van der Waals surface area contributed by atoms with Gasteiger partial charge in [0.1, 0.15) is 5.82 Å². The van der Waals surface area contributed by atoms with Gasteiger partial charge in [-0.15, -0.1) is 0 Å². The Kier molecular flexibility index (Phi) is 5.89. The molecule has 0 aliphatic carbocycles. The third-order valence-corrected chi connectivity index (χ3v) is 5.13. The number of halogens is 1. The van der Waals surface area contributed by atoms with E-state index in [1.165, 1.54) is 6.07 Å². The molecule has 0 aromatic heterocycles. The summed E-state index contributed by atoms with van der Waals surface area (Å²) in [5.74, 6) is -0.632. The Morgan fingerprint density at radius 1 is 1.15 bits per heavy atom. The van der Waals surface area contributed by atoms with Gasteiger partial charge in [0.25, 0.3) is 5.91 Å². The minimum Gasteiger partial charge on any atom is -0.356 e. The Morgan fingerprint density at radius 3 is 2.56 bits per heavy atom. The molecule has 2 aromatic rings. The van der Waals surface area contributed by atoms with Crippen molar-refractivity contribution in [1.29, 1.82) is 0 Å². The third-order valence-electron chi connectivity index (χ3n) is 5.13. The SMILES string of the molecule is CCNC(=O)C1CC(c2ccc(F)c(C)c2)CN(C(=O)c2ccccc2)C1. The first-order chi connectivity index (χ1) is 13.0. The maximum absolute atomic E-state index is 13.7. The molecule has 2 amide bonds. The number of piperidine rings is 1. The first-order valence-corrected chi connectivity index (χ1v) is 9.37. The van der Waals surface area contributed by atoms with Gasteiger partial charge in [0.15, 0.2) is 0 Å². The lowest BCUT2D eigenvalue weighted by atomic mass is 9.83. The number of carbonyl (C=O) groups excluding carboxylic acids is 2. The molecule has 0 bridgehead atoms. The van der Waals surface area contributed by atoms with Crippen LogP contribution < -0.4 is 5.32 Å². The van der Waals surface area contributed by atoms with E-state index in [-0.39, 0.29) is 29.5 Å². The zero-order valence-corrected chi connectivity index (χ0v) is 15.7. The Morgan fingerprint density at radius 2 is 1.89 bits per heavy atom. The average molecular weight is 368 g/mol. The van der Waals surface area contributed by atoms with Crippen molar-refractivity contribution in [3.8, 4) is 0 Å². The van der Waals surface area contributed by atoms with Crippen LogP contribution in [0.2, 0.25) is 0 Å². The molecule has 0 saturated carbocycles. The van der Waals surface area contributed by atoms with Crippen LogP contribution in [-0.2, 0) is 4.79 Å². The molecule has 1 fully saturated rings. The summed E-state index contributed by atoms with van der Waals surface area (Å²) in [5, 5.41) is 2.87. The summed E-state index contributed by atoms with van der Waals surface area (Å²) in [5.41, 5.74) is 2.16. The molecule has 1 aliphatic heterocycles. The number of nitrogens with zero attached hydrogens (tertiary/aromatic N) is 1. The highest BCUT2D eigenvalue weighted by molar-refractivity contribution is 5.94. The molecule has 1 heterocycles. The van der Waals surface area contributed by atoms with Crippen molar-refractivity contribution in [2.24, 2.45) is 5.92 Å². The Balaban J connectivity index is 1.88. The number of hydrogen-bond acceptors (Lipinski definition) is 2. The predicted octanol–water partition coefficient (Wildman–Crippen LogP) is 3.52. The van der Waals surface area contributed by atoms with E-state index < -0.39 is 0 Å². The number of rotatable bonds is 4. The molecule has 2 aromatic carbocycles. The Bertz CT molecular complexity index is 822. The quantitative estimate of drug-likeness (QED) is 0.898. The van der Waals surface area contributed by atoms with Crippen molar-refractivity contribution in [2.45, 2.75) is 26.2 Å². The van der Waals surface area contributed by atoms with Gasteiger partial charge in [-0.3, -0.25) is 9.59 Å². The average Bonchev–Trinajstić information content (AvgIpc) is 2.70. The van der Waals surface area contributed by atoms with Gasteiger partial charge in [-0.2, -0.15) is 0 Å². The molecule has 1 aliphatic rings. The minimum absolute atomic E-state index is 0.00156. The van der Waals surface area contributed by atoms with Gasteiger partial charge in [0.2, 0.25) is 5.91 Å². The van der Waals surface area contributed by atoms with Crippen molar-refractivity contribution in [3.05, 3.63) is 71.0 Å². The van der Waals surface area contributed by atoms with Gasteiger partial charge >= 0.3 is 0 Å². The van der Waals surface area contributed by atoms with Gasteiger partial charge in [0.05, 0.1) is 5.92 Å². The van der Waals surface area contributed by atoms with E-state index in [0.717, 1.165) is 5.56 Å². The van der Waals surface area contributed by atoms with E-state index in [0.29, 0.717) is 37.2 Å². The van der Waals surface area contributed by atoms with Gasteiger partial charge in [-0.25, -0.2) is 4.39 Å². The number of amides is 2. The normalized spacial score (nSPS) is 19.6. The van der Waals surface area contributed by atoms with Crippen LogP contribution in [0.15, 0.2) is 48.5 Å². The molecule has 27 heavy (non-hydrogen) atoms. The lowest BCUT2D eigenvalue weighted by molar-refractivity contribution is -0.126. The second-order valence-corrected chi connectivity index (χ2v) is 7.11. The first kappa shape index (κ1) is 19.1. The highest BCUT2D eigenvalue weighted by atomic mass is 19.1. The third kappa shape index (κ3) is 4.35. The fourth-order valence-corrected chi connectivity index (χ4v) is 3.70. The lowest BCUT2D eigenvalue weighted by Crippen LogP contribution is -2.48. The van der Waals surface area contributed by atoms with Crippen molar-refractivity contribution in [3.63, 3.8) is 0 Å². The topological polar surface area (TPSA) is 49.4 Å². The molecule has 2 atom stereocenters. The summed E-state index contributed by atoms with van der Waals surface area (Å²) in [6.07, 6.45) is 0.648. The fourth-order valence-electron chi connectivity index (χ4n) is 3.70. The highest BCUT2D eigenvalue weighted by Crippen LogP contribution is 2.32. The molecule has 1 saturated heterocycles. The molecule has 4 nitrogen and oxygen atoms in total. The largest absolute Gasteiger partial charge is 0.356 e. The summed E-state index contributed by atoms with van der Waals surface area (Å²) < 4.78 is 13.7. The zero-order chi connectivity index (χ0) is 19.4. The smallest absolute Gasteiger partial charge is 0.253 e. The number of nitrogens with one attached hydrogen (secondary N) is 1. The zero-order valence-electron chi connectivity index (χ0n) is 15.7. The summed E-state index contributed by atoms with van der Waals surface area (Å²) in [6.45, 7) is 5.09. The second-order valence-electron chi connectivity index (χ2n) is 7.11. The summed E-state index contributed by atoms with van der Waals surface area (Å²) in [7, 11) is 0. The predicted molar refractivity (Wildman–Crippen MR) is 103 cm³/mol. The van der Waals surface area contributed by atoms with E-state index in [4.69, 9.17) is 0 Å². The van der Waals surface area contributed by atoms with Crippen molar-refractivity contribution < 1.29 is 14.0 Å². The van der Waals surface area contributed by atoms with E-state index in [1.54, 1.807) is 30.0 Å². The molecular formula is C22H25FN2O2. The van der Waals surface area contributed by atoms with E-state index in [9.17, 15) is 14.0 Å². The molecule has 5 heteroatoms. The number of hydrogen-bond donors (Lipinski definition) is 1. The molecule has 3 rings (SSSR count). The van der Waals surface area contributed by atoms with E-state index in [1.807, 2.05) is 31.2 Å². The van der Waals surface area contributed by atoms with Crippen LogP contribution in [0, 0.1) is 18.7 Å². The maximum atomic E-state index is 13.7. The molecule has 2 unspecified atom stereocenters. The van der Waals surface area contributed by atoms with Gasteiger partial charge in [-0.1, -0.05) is 30.3 Å². The minimum atomic E-state index is -0.276. The molecule has 1 N–H and O–H groups in total. The Labute approximate surface area is 159 Å². The van der Waals surface area contributed by atoms with E-state index in [2.05, 4.69) is 5.32 Å². The second kappa shape index (κ2) is 8.33. The monoisotopic (exact) mass is 368 g/mol. The van der Waals surface area contributed by atoms with Gasteiger partial charge in [0, 0.05) is 31.1 Å². The van der Waals surface area contributed by atoms with Crippen LogP contribution in [0.25, 0.3) is 0 Å². The van der Waals surface area contributed by atoms with Crippen molar-refractivity contribution in [2.75, 3.05) is 19.6 Å². The van der Waals surface area contributed by atoms with Crippen molar-refractivity contribution >= 4 is 11.8 Å². The summed E-state index contributed by atoms with van der Waals surface area (Å²) >= 11 is 0. The fraction of sp³-hybridized carbons (Fsp3) is 0.364. The first-order valence-electron chi connectivity index (χ1n) is 9.37. The van der Waals surface area contributed by atoms with Crippen LogP contribution in [0.4, 0.5) is 4.39 Å². The van der Waals surface area contributed by atoms with E-state index >= 15 is 0 Å². The van der Waals surface area contributed by atoms with Crippen LogP contribution in [0.3, 0.4) is 0 Å². The summed E-state index contributed by atoms with van der Waals surface area (Å²) in [4.78, 5) is 27.2. The number of likely N-dealkylation sites (tertiary alicyclic amines) is 1. The highest BCUT2D eigenvalue weighted by Gasteiger charge is 2.34. The lowest BCUT2D eigenvalue weighted by Gasteiger charge is -2.37. The van der Waals surface area contributed by atoms with Crippen LogP contribution in [0.1, 0.15) is 40.7 Å². The number of aryl methyl sites for hydroxylation is 1. The Hall–Kier alpha value is -2.69. The standard InChI is InChI=1S/C22H25FN2O2/c1-3-24-21(26)19-12-18(17-9-10-20(23)15(2)11-17)13-25(14-19)22(27)16-7-5-4-6-8-16/h4-11,18-19H,3,12-14H2,1-2H3,(H,24,26). The van der Waals surface area contributed by atoms with Gasteiger partial charge < -0.3 is 10.2 Å².